The number of aromatic nitrogens is 6. The molecule has 124 valence electrons. The first kappa shape index (κ1) is 16.8. The zero-order valence-electron chi connectivity index (χ0n) is 12.1. The largest absolute Gasteiger partial charge is 0.232 e. The first-order chi connectivity index (χ1) is 12.4. The molecule has 0 aliphatic heterocycles. The van der Waals surface area contributed by atoms with Crippen LogP contribution in [0.3, 0.4) is 0 Å². The summed E-state index contributed by atoms with van der Waals surface area (Å²) < 4.78 is 0. The van der Waals surface area contributed by atoms with Gasteiger partial charge in [0, 0.05) is 0 Å². The van der Waals surface area contributed by atoms with E-state index in [4.69, 9.17) is 46.4 Å². The van der Waals surface area contributed by atoms with Crippen LogP contribution in [0, 0.1) is 22.7 Å². The Morgan fingerprint density at radius 1 is 0.538 bits per heavy atom. The van der Waals surface area contributed by atoms with Gasteiger partial charge in [-0.25, -0.2) is 29.9 Å². The summed E-state index contributed by atoms with van der Waals surface area (Å²) in [6, 6.07) is 3.63. The Hall–Kier alpha value is -2.62. The molecule has 0 saturated heterocycles. The Balaban J connectivity index is 2.45. The van der Waals surface area contributed by atoms with E-state index in [1.807, 2.05) is 12.1 Å². The minimum Gasteiger partial charge on any atom is -0.232 e. The molecule has 4 aromatic rings. The highest BCUT2D eigenvalue weighted by atomic mass is 35.5. The molecule has 1 aromatic carbocycles. The number of fused-ring (bicyclic) bond motifs is 6. The van der Waals surface area contributed by atoms with Crippen molar-refractivity contribution < 1.29 is 0 Å². The van der Waals surface area contributed by atoms with Gasteiger partial charge in [-0.05, 0) is 23.2 Å². The lowest BCUT2D eigenvalue weighted by Gasteiger charge is -2.10. The molecule has 0 saturated carbocycles. The van der Waals surface area contributed by atoms with Crippen LogP contribution in [0.25, 0.3) is 32.8 Å². The molecule has 0 unspecified atom stereocenters. The van der Waals surface area contributed by atoms with Gasteiger partial charge in [-0.2, -0.15) is 10.5 Å². The van der Waals surface area contributed by atoms with E-state index in [0.717, 1.165) is 0 Å². The predicted molar refractivity (Wildman–Crippen MR) is 95.2 cm³/mol. The third-order valence-electron chi connectivity index (χ3n) is 3.48. The van der Waals surface area contributed by atoms with E-state index in [0.29, 0.717) is 0 Å². The summed E-state index contributed by atoms with van der Waals surface area (Å²) in [4.78, 5) is 24.5. The molecule has 3 aromatic heterocycles. The summed E-state index contributed by atoms with van der Waals surface area (Å²) in [5.41, 5.74) is 0.392. The summed E-state index contributed by atoms with van der Waals surface area (Å²) in [6.45, 7) is 0. The second kappa shape index (κ2) is 5.97. The van der Waals surface area contributed by atoms with Crippen molar-refractivity contribution in [3.63, 3.8) is 0 Å². The van der Waals surface area contributed by atoms with Gasteiger partial charge in [-0.15, -0.1) is 0 Å². The second-order valence-electron chi connectivity index (χ2n) is 4.86. The maximum Gasteiger partial charge on any atom is 0.224 e. The van der Waals surface area contributed by atoms with Crippen LogP contribution < -0.4 is 0 Å². The highest BCUT2D eigenvalue weighted by Crippen LogP contribution is 2.38. The van der Waals surface area contributed by atoms with Crippen molar-refractivity contribution in [3.05, 3.63) is 32.3 Å². The first-order valence-electron chi connectivity index (χ1n) is 6.64. The number of nitrogens with zero attached hydrogens (tertiary/aromatic N) is 8. The topological polar surface area (TPSA) is 125 Å². The lowest BCUT2D eigenvalue weighted by molar-refractivity contribution is 1.18. The van der Waals surface area contributed by atoms with Gasteiger partial charge >= 0.3 is 0 Å². The van der Waals surface area contributed by atoms with E-state index in [1.165, 1.54) is 0 Å². The Labute approximate surface area is 164 Å². The van der Waals surface area contributed by atoms with Crippen molar-refractivity contribution in [2.24, 2.45) is 0 Å². The third-order valence-corrected chi connectivity index (χ3v) is 4.37. The number of rotatable bonds is 0. The molecule has 12 heteroatoms. The van der Waals surface area contributed by atoms with E-state index in [2.05, 4.69) is 29.9 Å². The minimum atomic E-state index is -0.183. The fourth-order valence-corrected chi connectivity index (χ4v) is 3.46. The summed E-state index contributed by atoms with van der Waals surface area (Å²) in [5.74, 6) is 0. The normalized spacial score (nSPS) is 11.0. The van der Waals surface area contributed by atoms with E-state index >= 15 is 0 Å². The van der Waals surface area contributed by atoms with Crippen LogP contribution in [-0.2, 0) is 0 Å². The fourth-order valence-electron chi connectivity index (χ4n) is 2.52. The number of halogens is 4. The van der Waals surface area contributed by atoms with Gasteiger partial charge in [0.25, 0.3) is 0 Å². The molecule has 0 spiro atoms. The highest BCUT2D eigenvalue weighted by molar-refractivity contribution is 6.42. The second-order valence-corrected chi connectivity index (χ2v) is 6.25. The van der Waals surface area contributed by atoms with Gasteiger partial charge in [0.2, 0.25) is 10.6 Å². The molecule has 8 nitrogen and oxygen atoms in total. The Kier molecular flexibility index (Phi) is 3.87. The Morgan fingerprint density at radius 2 is 0.885 bits per heavy atom. The summed E-state index contributed by atoms with van der Waals surface area (Å²) in [5, 5.41) is 18.7. The van der Waals surface area contributed by atoms with Gasteiger partial charge < -0.3 is 0 Å². The Bertz CT molecular complexity index is 1250. The van der Waals surface area contributed by atoms with Crippen molar-refractivity contribution in [2.45, 2.75) is 0 Å². The van der Waals surface area contributed by atoms with Crippen LogP contribution >= 0.6 is 46.4 Å². The molecule has 0 amide bonds. The predicted octanol–water partition coefficient (Wildman–Crippen LogP) is 3.87. The summed E-state index contributed by atoms with van der Waals surface area (Å²) in [6.07, 6.45) is 0. The van der Waals surface area contributed by atoms with Gasteiger partial charge in [0.15, 0.2) is 11.4 Å². The number of hydrogen-bond acceptors (Lipinski definition) is 8. The van der Waals surface area contributed by atoms with Crippen molar-refractivity contribution in [2.75, 3.05) is 0 Å². The molecule has 4 rings (SSSR count). The number of nitriles is 2. The summed E-state index contributed by atoms with van der Waals surface area (Å²) >= 11 is 24.3. The number of benzene rings is 1. The van der Waals surface area contributed by atoms with Crippen molar-refractivity contribution in [1.29, 1.82) is 10.5 Å². The van der Waals surface area contributed by atoms with Gasteiger partial charge in [-0.3, -0.25) is 0 Å². The average Bonchev–Trinajstić information content (AvgIpc) is 2.59. The molecule has 0 atom stereocenters. The molecule has 0 bridgehead atoms. The molecule has 0 N–H and O–H groups in total. The minimum absolute atomic E-state index is 0.0272. The smallest absolute Gasteiger partial charge is 0.224 e. The molecular weight excluding hydrogens is 422 g/mol. The first-order valence-corrected chi connectivity index (χ1v) is 8.15. The van der Waals surface area contributed by atoms with Crippen LogP contribution in [0.15, 0.2) is 0 Å². The van der Waals surface area contributed by atoms with E-state index in [-0.39, 0.29) is 65.1 Å². The van der Waals surface area contributed by atoms with Crippen molar-refractivity contribution in [1.82, 2.24) is 29.9 Å². The third kappa shape index (κ3) is 2.36. The summed E-state index contributed by atoms with van der Waals surface area (Å²) in [7, 11) is 0. The SMILES string of the molecule is N#Cc1nc2c(nc1C#N)c1c(Cl)nc(Cl)nc1c1nc(Cl)nc(Cl)c12. The van der Waals surface area contributed by atoms with Gasteiger partial charge in [0.1, 0.15) is 44.5 Å². The monoisotopic (exact) mass is 420 g/mol. The van der Waals surface area contributed by atoms with Gasteiger partial charge in [0.05, 0.1) is 10.8 Å². The molecule has 3 heterocycles. The van der Waals surface area contributed by atoms with Crippen LogP contribution in [0.2, 0.25) is 20.9 Å². The average molecular weight is 422 g/mol. The van der Waals surface area contributed by atoms with Crippen LogP contribution in [-0.4, -0.2) is 29.9 Å². The van der Waals surface area contributed by atoms with Crippen LogP contribution in [0.1, 0.15) is 11.4 Å². The van der Waals surface area contributed by atoms with Crippen molar-refractivity contribution >= 4 is 79.2 Å². The molecule has 0 fully saturated rings. The lowest BCUT2D eigenvalue weighted by Crippen LogP contribution is -2.01. The van der Waals surface area contributed by atoms with E-state index < -0.39 is 0 Å². The van der Waals surface area contributed by atoms with E-state index in [1.54, 1.807) is 0 Å². The van der Waals surface area contributed by atoms with E-state index in [9.17, 15) is 10.5 Å². The zero-order chi connectivity index (χ0) is 18.6. The molecule has 0 aliphatic rings. The lowest BCUT2D eigenvalue weighted by atomic mass is 10.1. The molecule has 0 radical (unpaired) electrons. The van der Waals surface area contributed by atoms with Crippen molar-refractivity contribution in [3.8, 4) is 12.1 Å². The highest BCUT2D eigenvalue weighted by Gasteiger charge is 2.22. The molecule has 26 heavy (non-hydrogen) atoms. The van der Waals surface area contributed by atoms with Gasteiger partial charge in [-0.1, -0.05) is 23.2 Å². The van der Waals surface area contributed by atoms with Crippen LogP contribution in [0.5, 0.6) is 0 Å². The maximum atomic E-state index is 9.24. The zero-order valence-corrected chi connectivity index (χ0v) is 15.1. The number of hydrogen-bond donors (Lipinski definition) is 0. The molecule has 0 aliphatic carbocycles. The maximum absolute atomic E-state index is 9.24. The quantitative estimate of drug-likeness (QED) is 0.238. The molecular formula is C14Cl4N8. The standard InChI is InChI=1S/C14Cl4N8/c15-11-5-7-8(22-4(2-20)3(1-19)21-7)6-10(9(5)23-13(17)25-11)24-14(18)26-12(6)16. The van der Waals surface area contributed by atoms with Crippen LogP contribution in [0.4, 0.5) is 0 Å². The Morgan fingerprint density at radius 3 is 1.23 bits per heavy atom. The fraction of sp³-hybridized carbons (Fsp3) is 0.